The summed E-state index contributed by atoms with van der Waals surface area (Å²) in [6.45, 7) is 10.3. The molecule has 0 bridgehead atoms. The van der Waals surface area contributed by atoms with Gasteiger partial charge in [0.2, 0.25) is 11.9 Å². The molecular weight excluding hydrogens is 242 g/mol. The summed E-state index contributed by atoms with van der Waals surface area (Å²) in [5.41, 5.74) is -0.0263. The van der Waals surface area contributed by atoms with Crippen molar-refractivity contribution in [3.05, 3.63) is 0 Å². The zero-order chi connectivity index (χ0) is 14.5. The molecule has 0 amide bonds. The minimum Gasteiger partial charge on any atom is -0.461 e. The van der Waals surface area contributed by atoms with Gasteiger partial charge >= 0.3 is 6.01 Å². The topological polar surface area (TPSA) is 72.0 Å². The predicted octanol–water partition coefficient (Wildman–Crippen LogP) is 2.69. The Bertz CT molecular complexity index is 404. The van der Waals surface area contributed by atoms with E-state index in [4.69, 9.17) is 4.74 Å². The van der Waals surface area contributed by atoms with E-state index in [0.717, 1.165) is 12.8 Å². The van der Waals surface area contributed by atoms with Crippen molar-refractivity contribution < 1.29 is 4.74 Å². The number of nitrogens with one attached hydrogen (secondary N) is 2. The first-order valence-electron chi connectivity index (χ1n) is 6.81. The number of aromatic nitrogens is 3. The highest BCUT2D eigenvalue weighted by molar-refractivity contribution is 5.37. The van der Waals surface area contributed by atoms with Crippen molar-refractivity contribution in [1.29, 1.82) is 0 Å². The molecule has 0 saturated carbocycles. The highest BCUT2D eigenvalue weighted by Gasteiger charge is 2.21. The number of nitrogens with zero attached hydrogens (tertiary/aromatic N) is 3. The molecule has 1 heterocycles. The van der Waals surface area contributed by atoms with Crippen LogP contribution in [0.3, 0.4) is 0 Å². The molecule has 0 atom stereocenters. The van der Waals surface area contributed by atoms with E-state index in [-0.39, 0.29) is 11.6 Å². The number of hydrogen-bond acceptors (Lipinski definition) is 6. The molecule has 1 rings (SSSR count). The average molecular weight is 267 g/mol. The van der Waals surface area contributed by atoms with Crippen LogP contribution < -0.4 is 15.4 Å². The Labute approximate surface area is 115 Å². The lowest BCUT2D eigenvalue weighted by atomic mass is 9.96. The molecular formula is C13H25N5O. The van der Waals surface area contributed by atoms with Crippen molar-refractivity contribution in [2.24, 2.45) is 0 Å². The van der Waals surface area contributed by atoms with Gasteiger partial charge < -0.3 is 15.4 Å². The van der Waals surface area contributed by atoms with Crippen molar-refractivity contribution in [3.63, 3.8) is 0 Å². The largest absolute Gasteiger partial charge is 0.461 e. The highest BCUT2D eigenvalue weighted by atomic mass is 16.5. The molecule has 6 heteroatoms. The van der Waals surface area contributed by atoms with E-state index < -0.39 is 0 Å². The average Bonchev–Trinajstić information content (AvgIpc) is 2.37. The van der Waals surface area contributed by atoms with E-state index in [9.17, 15) is 0 Å². The molecule has 19 heavy (non-hydrogen) atoms. The van der Waals surface area contributed by atoms with Crippen LogP contribution in [0.5, 0.6) is 6.01 Å². The summed E-state index contributed by atoms with van der Waals surface area (Å²) in [6, 6.07) is 0.339. The summed E-state index contributed by atoms with van der Waals surface area (Å²) in [5.74, 6) is 1.05. The molecule has 2 N–H and O–H groups in total. The smallest absolute Gasteiger partial charge is 0.323 e. The van der Waals surface area contributed by atoms with E-state index in [1.165, 1.54) is 0 Å². The van der Waals surface area contributed by atoms with Gasteiger partial charge in [0.05, 0.1) is 6.10 Å². The van der Waals surface area contributed by atoms with Crippen LogP contribution in [0.25, 0.3) is 0 Å². The molecule has 0 aliphatic heterocycles. The Hall–Kier alpha value is -1.59. The molecule has 0 unspecified atom stereocenters. The summed E-state index contributed by atoms with van der Waals surface area (Å²) in [6.07, 6.45) is 2.01. The Kier molecular flexibility index (Phi) is 5.32. The van der Waals surface area contributed by atoms with E-state index >= 15 is 0 Å². The van der Waals surface area contributed by atoms with Crippen molar-refractivity contribution >= 4 is 11.9 Å². The molecule has 1 aromatic rings. The van der Waals surface area contributed by atoms with Crippen molar-refractivity contribution in [2.75, 3.05) is 17.7 Å². The van der Waals surface area contributed by atoms with Gasteiger partial charge in [-0.2, -0.15) is 15.0 Å². The van der Waals surface area contributed by atoms with Crippen LogP contribution in [0.1, 0.15) is 47.5 Å². The van der Waals surface area contributed by atoms with Crippen molar-refractivity contribution in [2.45, 2.75) is 59.1 Å². The number of ether oxygens (including phenoxy) is 1. The minimum atomic E-state index is -0.0263. The zero-order valence-corrected chi connectivity index (χ0v) is 12.7. The van der Waals surface area contributed by atoms with Gasteiger partial charge in [0, 0.05) is 12.6 Å². The maximum Gasteiger partial charge on any atom is 0.323 e. The first kappa shape index (κ1) is 15.5. The maximum atomic E-state index is 5.54. The van der Waals surface area contributed by atoms with Crippen LogP contribution in [0, 0.1) is 0 Å². The van der Waals surface area contributed by atoms with Crippen LogP contribution >= 0.6 is 0 Å². The lowest BCUT2D eigenvalue weighted by molar-refractivity contribution is 0.222. The fraction of sp³-hybridized carbons (Fsp3) is 0.769. The van der Waals surface area contributed by atoms with Crippen LogP contribution in [0.4, 0.5) is 11.9 Å². The third kappa shape index (κ3) is 4.54. The van der Waals surface area contributed by atoms with Gasteiger partial charge in [0.15, 0.2) is 0 Å². The maximum absolute atomic E-state index is 5.54. The van der Waals surface area contributed by atoms with Crippen LogP contribution in [0.15, 0.2) is 0 Å². The van der Waals surface area contributed by atoms with Gasteiger partial charge in [-0.15, -0.1) is 0 Å². The molecule has 1 aromatic heterocycles. The van der Waals surface area contributed by atoms with E-state index in [1.54, 1.807) is 7.05 Å². The normalized spacial score (nSPS) is 11.5. The molecule has 108 valence electrons. The Balaban J connectivity index is 2.99. The van der Waals surface area contributed by atoms with Gasteiger partial charge in [-0.25, -0.2) is 0 Å². The van der Waals surface area contributed by atoms with Gasteiger partial charge in [0.25, 0.3) is 0 Å². The summed E-state index contributed by atoms with van der Waals surface area (Å²) in [5, 5.41) is 6.28. The highest BCUT2D eigenvalue weighted by Crippen LogP contribution is 2.21. The van der Waals surface area contributed by atoms with E-state index in [2.05, 4.69) is 46.4 Å². The summed E-state index contributed by atoms with van der Waals surface area (Å²) < 4.78 is 5.54. The monoisotopic (exact) mass is 267 g/mol. The van der Waals surface area contributed by atoms with Crippen molar-refractivity contribution in [3.8, 4) is 6.01 Å². The van der Waals surface area contributed by atoms with Crippen LogP contribution in [-0.2, 0) is 0 Å². The molecule has 0 spiro atoms. The van der Waals surface area contributed by atoms with Crippen LogP contribution in [0.2, 0.25) is 0 Å². The fourth-order valence-corrected chi connectivity index (χ4v) is 1.48. The molecule has 0 aliphatic rings. The lowest BCUT2D eigenvalue weighted by Crippen LogP contribution is -2.34. The minimum absolute atomic E-state index is 0.0263. The standard InChI is InChI=1S/C13H25N5O/c1-7-13(5,8-2)18-11-15-10(14-6)16-12(17-11)19-9(3)4/h9H,7-8H2,1-6H3,(H2,14,15,16,17,18). The first-order chi connectivity index (χ1) is 8.92. The Morgan fingerprint density at radius 1 is 1.11 bits per heavy atom. The fourth-order valence-electron chi connectivity index (χ4n) is 1.48. The predicted molar refractivity (Wildman–Crippen MR) is 77.7 cm³/mol. The molecule has 6 nitrogen and oxygen atoms in total. The van der Waals surface area contributed by atoms with Crippen molar-refractivity contribution in [1.82, 2.24) is 15.0 Å². The third-order valence-corrected chi connectivity index (χ3v) is 3.15. The SMILES string of the molecule is CCC(C)(CC)Nc1nc(NC)nc(OC(C)C)n1. The van der Waals surface area contributed by atoms with Gasteiger partial charge in [-0.1, -0.05) is 13.8 Å². The Morgan fingerprint density at radius 2 is 1.68 bits per heavy atom. The van der Waals surface area contributed by atoms with Gasteiger partial charge in [-0.3, -0.25) is 0 Å². The number of hydrogen-bond donors (Lipinski definition) is 2. The third-order valence-electron chi connectivity index (χ3n) is 3.15. The summed E-state index contributed by atoms with van der Waals surface area (Å²) in [7, 11) is 1.77. The molecule has 0 aliphatic carbocycles. The number of anilines is 2. The second kappa shape index (κ2) is 6.54. The summed E-state index contributed by atoms with van der Waals surface area (Å²) in [4.78, 5) is 12.8. The second-order valence-corrected chi connectivity index (χ2v) is 5.07. The Morgan fingerprint density at radius 3 is 2.16 bits per heavy atom. The molecule has 0 saturated heterocycles. The summed E-state index contributed by atoms with van der Waals surface area (Å²) >= 11 is 0. The number of rotatable bonds is 7. The zero-order valence-electron chi connectivity index (χ0n) is 12.7. The second-order valence-electron chi connectivity index (χ2n) is 5.07. The van der Waals surface area contributed by atoms with E-state index in [0.29, 0.717) is 17.9 Å². The van der Waals surface area contributed by atoms with Crippen LogP contribution in [-0.4, -0.2) is 33.6 Å². The molecule has 0 fully saturated rings. The van der Waals surface area contributed by atoms with Gasteiger partial charge in [-0.05, 0) is 33.6 Å². The van der Waals surface area contributed by atoms with Gasteiger partial charge in [0.1, 0.15) is 0 Å². The first-order valence-corrected chi connectivity index (χ1v) is 6.81. The molecule has 0 radical (unpaired) electrons. The van der Waals surface area contributed by atoms with E-state index in [1.807, 2.05) is 13.8 Å². The quantitative estimate of drug-likeness (QED) is 0.791. The lowest BCUT2D eigenvalue weighted by Gasteiger charge is -2.28. The molecule has 0 aromatic carbocycles.